The monoisotopic (exact) mass is 331 g/mol. The van der Waals surface area contributed by atoms with E-state index >= 15 is 0 Å². The van der Waals surface area contributed by atoms with Gasteiger partial charge in [-0.1, -0.05) is 26.0 Å². The summed E-state index contributed by atoms with van der Waals surface area (Å²) in [4.78, 5) is 27.6. The third kappa shape index (κ3) is 3.99. The summed E-state index contributed by atoms with van der Waals surface area (Å²) < 4.78 is 4.94. The molecule has 3 amide bonds. The van der Waals surface area contributed by atoms with Crippen LogP contribution in [0, 0.1) is 11.8 Å². The third-order valence-corrected chi connectivity index (χ3v) is 4.55. The van der Waals surface area contributed by atoms with Crippen LogP contribution < -0.4 is 5.32 Å². The van der Waals surface area contributed by atoms with Crippen molar-refractivity contribution < 1.29 is 14.3 Å². The lowest BCUT2D eigenvalue weighted by Crippen LogP contribution is -2.44. The Morgan fingerprint density at radius 3 is 2.71 bits per heavy atom. The number of anilines is 1. The number of ether oxygens (including phenoxy) is 1. The Morgan fingerprint density at radius 1 is 1.29 bits per heavy atom. The van der Waals surface area contributed by atoms with Gasteiger partial charge < -0.3 is 19.9 Å². The third-order valence-electron chi connectivity index (χ3n) is 4.55. The van der Waals surface area contributed by atoms with Crippen LogP contribution in [0.1, 0.15) is 25.8 Å². The molecule has 3 rings (SSSR count). The van der Waals surface area contributed by atoms with Gasteiger partial charge in [-0.3, -0.25) is 0 Å². The molecule has 0 aliphatic carbocycles. The lowest BCUT2D eigenvalue weighted by molar-refractivity contribution is 0.156. The number of nitrogens with zero attached hydrogens (tertiary/aromatic N) is 2. The molecule has 6 nitrogen and oxygen atoms in total. The van der Waals surface area contributed by atoms with Crippen molar-refractivity contribution in [1.29, 1.82) is 0 Å². The van der Waals surface area contributed by atoms with Gasteiger partial charge in [-0.15, -0.1) is 0 Å². The minimum absolute atomic E-state index is 0.0499. The maximum absolute atomic E-state index is 12.5. The van der Waals surface area contributed by atoms with E-state index in [-0.39, 0.29) is 12.1 Å². The van der Waals surface area contributed by atoms with Crippen molar-refractivity contribution in [3.8, 4) is 0 Å². The number of amides is 3. The number of hydrogen-bond donors (Lipinski definition) is 1. The summed E-state index contributed by atoms with van der Waals surface area (Å²) in [6.45, 7) is 7.53. The topological polar surface area (TPSA) is 61.9 Å². The van der Waals surface area contributed by atoms with Crippen LogP contribution in [-0.4, -0.2) is 48.2 Å². The number of benzene rings is 1. The van der Waals surface area contributed by atoms with Crippen LogP contribution in [0.15, 0.2) is 24.3 Å². The van der Waals surface area contributed by atoms with E-state index in [4.69, 9.17) is 4.74 Å². The zero-order valence-electron chi connectivity index (χ0n) is 14.3. The predicted molar refractivity (Wildman–Crippen MR) is 91.7 cm³/mol. The van der Waals surface area contributed by atoms with Gasteiger partial charge in [0.15, 0.2) is 0 Å². The quantitative estimate of drug-likeness (QED) is 0.925. The van der Waals surface area contributed by atoms with Crippen molar-refractivity contribution in [2.45, 2.75) is 26.8 Å². The highest BCUT2D eigenvalue weighted by Crippen LogP contribution is 2.22. The zero-order valence-corrected chi connectivity index (χ0v) is 14.3. The standard InChI is InChI=1S/C18H25N3O3/c1-13-8-14(2)11-21(10-13)17(22)19-16-5-3-4-15(9-16)12-20-6-7-24-18(20)23/h3-5,9,13-14H,6-8,10-12H2,1-2H3,(H,19,22)/t13-,14-/m0/s1. The van der Waals surface area contributed by atoms with Crippen molar-refractivity contribution in [2.24, 2.45) is 11.8 Å². The molecule has 2 atom stereocenters. The Morgan fingerprint density at radius 2 is 2.04 bits per heavy atom. The van der Waals surface area contributed by atoms with E-state index < -0.39 is 0 Å². The van der Waals surface area contributed by atoms with E-state index in [2.05, 4.69) is 19.2 Å². The highest BCUT2D eigenvalue weighted by molar-refractivity contribution is 5.89. The number of nitrogens with one attached hydrogen (secondary N) is 1. The van der Waals surface area contributed by atoms with Crippen LogP contribution in [0.25, 0.3) is 0 Å². The minimum atomic E-state index is -0.277. The van der Waals surface area contributed by atoms with E-state index in [0.29, 0.717) is 31.5 Å². The average Bonchev–Trinajstić information content (AvgIpc) is 2.92. The first-order chi connectivity index (χ1) is 11.5. The normalized spacial score (nSPS) is 24.0. The van der Waals surface area contributed by atoms with Gasteiger partial charge in [0.05, 0.1) is 6.54 Å². The largest absolute Gasteiger partial charge is 0.448 e. The second-order valence-electron chi connectivity index (χ2n) is 7.02. The number of piperidine rings is 1. The first kappa shape index (κ1) is 16.6. The van der Waals surface area contributed by atoms with E-state index in [0.717, 1.165) is 24.3 Å². The molecular weight excluding hydrogens is 306 g/mol. The number of rotatable bonds is 3. The number of hydrogen-bond acceptors (Lipinski definition) is 3. The van der Waals surface area contributed by atoms with Crippen molar-refractivity contribution in [3.63, 3.8) is 0 Å². The molecule has 1 aromatic rings. The number of urea groups is 1. The summed E-state index contributed by atoms with van der Waals surface area (Å²) in [7, 11) is 0. The average molecular weight is 331 g/mol. The second-order valence-corrected chi connectivity index (χ2v) is 7.02. The van der Waals surface area contributed by atoms with Crippen LogP contribution in [0.5, 0.6) is 0 Å². The molecule has 2 heterocycles. The zero-order chi connectivity index (χ0) is 17.1. The van der Waals surface area contributed by atoms with Gasteiger partial charge in [-0.25, -0.2) is 9.59 Å². The fourth-order valence-corrected chi connectivity index (χ4v) is 3.57. The van der Waals surface area contributed by atoms with Gasteiger partial charge in [-0.2, -0.15) is 0 Å². The van der Waals surface area contributed by atoms with Gasteiger partial charge in [0.1, 0.15) is 6.61 Å². The number of cyclic esters (lactones) is 1. The number of likely N-dealkylation sites (tertiary alicyclic amines) is 1. The van der Waals surface area contributed by atoms with Crippen molar-refractivity contribution in [3.05, 3.63) is 29.8 Å². The molecule has 0 bridgehead atoms. The molecule has 1 N–H and O–H groups in total. The molecule has 0 spiro atoms. The van der Waals surface area contributed by atoms with Crippen LogP contribution in [0.3, 0.4) is 0 Å². The van der Waals surface area contributed by atoms with Crippen molar-refractivity contribution in [1.82, 2.24) is 9.80 Å². The van der Waals surface area contributed by atoms with Gasteiger partial charge in [0, 0.05) is 25.3 Å². The lowest BCUT2D eigenvalue weighted by atomic mass is 9.92. The summed E-state index contributed by atoms with van der Waals surface area (Å²) in [6.07, 6.45) is 0.895. The maximum Gasteiger partial charge on any atom is 0.410 e. The Kier molecular flexibility index (Phi) is 4.92. The fourth-order valence-electron chi connectivity index (χ4n) is 3.57. The molecule has 1 aromatic carbocycles. The SMILES string of the molecule is C[C@H]1C[C@H](C)CN(C(=O)Nc2cccc(CN3CCOC3=O)c2)C1. The summed E-state index contributed by atoms with van der Waals surface area (Å²) in [6, 6.07) is 7.59. The summed E-state index contributed by atoms with van der Waals surface area (Å²) in [5, 5.41) is 2.98. The molecule has 2 saturated heterocycles. The molecule has 0 radical (unpaired) electrons. The summed E-state index contributed by atoms with van der Waals surface area (Å²) >= 11 is 0. The molecule has 2 fully saturated rings. The number of carbonyl (C=O) groups excluding carboxylic acids is 2. The van der Waals surface area contributed by atoms with Crippen LogP contribution in [0.2, 0.25) is 0 Å². The molecule has 24 heavy (non-hydrogen) atoms. The van der Waals surface area contributed by atoms with E-state index in [1.807, 2.05) is 29.2 Å². The molecule has 0 saturated carbocycles. The maximum atomic E-state index is 12.5. The molecular formula is C18H25N3O3. The Balaban J connectivity index is 1.61. The van der Waals surface area contributed by atoms with E-state index in [9.17, 15) is 9.59 Å². The first-order valence-electron chi connectivity index (χ1n) is 8.58. The van der Waals surface area contributed by atoms with Gasteiger partial charge in [-0.05, 0) is 36.0 Å². The Bertz CT molecular complexity index is 609. The van der Waals surface area contributed by atoms with Gasteiger partial charge in [0.25, 0.3) is 0 Å². The Hall–Kier alpha value is -2.24. The smallest absolute Gasteiger partial charge is 0.410 e. The highest BCUT2D eigenvalue weighted by Gasteiger charge is 2.25. The first-order valence-corrected chi connectivity index (χ1v) is 8.58. The van der Waals surface area contributed by atoms with Crippen LogP contribution in [-0.2, 0) is 11.3 Å². The molecule has 130 valence electrons. The van der Waals surface area contributed by atoms with Gasteiger partial charge in [0.2, 0.25) is 0 Å². The highest BCUT2D eigenvalue weighted by atomic mass is 16.6. The second kappa shape index (κ2) is 7.11. The van der Waals surface area contributed by atoms with Gasteiger partial charge >= 0.3 is 12.1 Å². The van der Waals surface area contributed by atoms with E-state index in [1.165, 1.54) is 6.42 Å². The molecule has 2 aliphatic heterocycles. The molecule has 6 heteroatoms. The number of carbonyl (C=O) groups is 2. The van der Waals surface area contributed by atoms with Crippen molar-refractivity contribution in [2.75, 3.05) is 31.6 Å². The molecule has 0 aromatic heterocycles. The predicted octanol–water partition coefficient (Wildman–Crippen LogP) is 3.15. The van der Waals surface area contributed by atoms with Crippen molar-refractivity contribution >= 4 is 17.8 Å². The minimum Gasteiger partial charge on any atom is -0.448 e. The van der Waals surface area contributed by atoms with Crippen LogP contribution >= 0.6 is 0 Å². The summed E-state index contributed by atoms with van der Waals surface area (Å²) in [5.41, 5.74) is 1.74. The lowest BCUT2D eigenvalue weighted by Gasteiger charge is -2.34. The van der Waals surface area contributed by atoms with E-state index in [1.54, 1.807) is 4.90 Å². The fraction of sp³-hybridized carbons (Fsp3) is 0.556. The molecule has 0 unspecified atom stereocenters. The molecule has 2 aliphatic rings. The summed E-state index contributed by atoms with van der Waals surface area (Å²) in [5.74, 6) is 1.07. The Labute approximate surface area is 142 Å². The van der Waals surface area contributed by atoms with Crippen LogP contribution in [0.4, 0.5) is 15.3 Å².